The minimum absolute atomic E-state index is 0.0930. The zero-order chi connectivity index (χ0) is 17.5. The first-order chi connectivity index (χ1) is 11.3. The molecule has 1 N–H and O–H groups in total. The molecular formula is C16H14ClNO5S. The van der Waals surface area contributed by atoms with Crippen molar-refractivity contribution in [3.05, 3.63) is 52.5 Å². The van der Waals surface area contributed by atoms with Crippen molar-refractivity contribution >= 4 is 33.3 Å². The van der Waals surface area contributed by atoms with Crippen molar-refractivity contribution in [2.24, 2.45) is 0 Å². The fourth-order valence-electron chi connectivity index (χ4n) is 2.70. The number of aromatic carboxylic acids is 1. The van der Waals surface area contributed by atoms with Gasteiger partial charge in [0.2, 0.25) is 0 Å². The average Bonchev–Trinajstić information content (AvgIpc) is 2.97. The fourth-order valence-corrected chi connectivity index (χ4v) is 4.55. The molecule has 0 spiro atoms. The number of carboxylic acids is 1. The van der Waals surface area contributed by atoms with Crippen LogP contribution in [0, 0.1) is 0 Å². The molecule has 3 rings (SSSR count). The van der Waals surface area contributed by atoms with Crippen molar-refractivity contribution in [3.63, 3.8) is 0 Å². The van der Waals surface area contributed by atoms with E-state index in [1.807, 2.05) is 0 Å². The molecule has 0 amide bonds. The topological polar surface area (TPSA) is 83.9 Å². The molecule has 0 aliphatic carbocycles. The monoisotopic (exact) mass is 367 g/mol. The van der Waals surface area contributed by atoms with Crippen molar-refractivity contribution in [3.8, 4) is 5.75 Å². The number of hydrogen-bond acceptors (Lipinski definition) is 4. The Bertz CT molecular complexity index is 926. The van der Waals surface area contributed by atoms with Gasteiger partial charge >= 0.3 is 5.97 Å². The third-order valence-electron chi connectivity index (χ3n) is 3.88. The van der Waals surface area contributed by atoms with Crippen LogP contribution in [0.4, 0.5) is 5.69 Å². The Hall–Kier alpha value is -2.25. The Morgan fingerprint density at radius 3 is 2.67 bits per heavy atom. The van der Waals surface area contributed by atoms with Gasteiger partial charge in [-0.15, -0.1) is 0 Å². The minimum Gasteiger partial charge on any atom is -0.495 e. The number of rotatable bonds is 4. The van der Waals surface area contributed by atoms with Crippen molar-refractivity contribution in [2.75, 3.05) is 18.0 Å². The van der Waals surface area contributed by atoms with Crippen LogP contribution in [0.3, 0.4) is 0 Å². The number of methoxy groups -OCH3 is 1. The lowest BCUT2D eigenvalue weighted by Gasteiger charge is -2.21. The summed E-state index contributed by atoms with van der Waals surface area (Å²) < 4.78 is 32.5. The quantitative estimate of drug-likeness (QED) is 0.898. The SMILES string of the molecule is COc1ccc(C(=O)O)cc1S(=O)(=O)N1CCc2ccc(Cl)cc21. The number of nitrogens with zero attached hydrogens (tertiary/aromatic N) is 1. The number of hydrogen-bond donors (Lipinski definition) is 1. The van der Waals surface area contributed by atoms with Crippen molar-refractivity contribution < 1.29 is 23.1 Å². The summed E-state index contributed by atoms with van der Waals surface area (Å²) in [6, 6.07) is 8.84. The van der Waals surface area contributed by atoms with Crippen molar-refractivity contribution in [1.29, 1.82) is 0 Å². The highest BCUT2D eigenvalue weighted by Gasteiger charge is 2.33. The Morgan fingerprint density at radius 2 is 2.00 bits per heavy atom. The molecule has 0 saturated heterocycles. The maximum atomic E-state index is 13.1. The molecule has 1 aliphatic heterocycles. The molecule has 8 heteroatoms. The second-order valence-electron chi connectivity index (χ2n) is 5.27. The molecule has 0 bridgehead atoms. The van der Waals surface area contributed by atoms with Gasteiger partial charge in [-0.2, -0.15) is 0 Å². The number of carbonyl (C=O) groups is 1. The second kappa shape index (κ2) is 5.99. The average molecular weight is 368 g/mol. The Morgan fingerprint density at radius 1 is 1.25 bits per heavy atom. The molecule has 0 aromatic heterocycles. The van der Waals surface area contributed by atoms with Crippen LogP contribution < -0.4 is 9.04 Å². The second-order valence-corrected chi connectivity index (χ2v) is 7.54. The van der Waals surface area contributed by atoms with Crippen LogP contribution in [-0.4, -0.2) is 33.1 Å². The molecule has 6 nitrogen and oxygen atoms in total. The summed E-state index contributed by atoms with van der Waals surface area (Å²) in [5.74, 6) is -1.12. The third-order valence-corrected chi connectivity index (χ3v) is 5.95. The molecule has 2 aromatic rings. The van der Waals surface area contributed by atoms with Gasteiger partial charge < -0.3 is 9.84 Å². The first-order valence-corrected chi connectivity index (χ1v) is 8.89. The van der Waals surface area contributed by atoms with E-state index in [1.54, 1.807) is 18.2 Å². The van der Waals surface area contributed by atoms with E-state index in [2.05, 4.69) is 0 Å². The summed E-state index contributed by atoms with van der Waals surface area (Å²) in [6.45, 7) is 0.262. The number of ether oxygens (including phenoxy) is 1. The van der Waals surface area contributed by atoms with Gasteiger partial charge in [0.1, 0.15) is 10.6 Å². The van der Waals surface area contributed by atoms with Crippen LogP contribution in [0.2, 0.25) is 5.02 Å². The van der Waals surface area contributed by atoms with E-state index in [1.165, 1.54) is 23.5 Å². The highest BCUT2D eigenvalue weighted by molar-refractivity contribution is 7.93. The van der Waals surface area contributed by atoms with Gasteiger partial charge in [0, 0.05) is 11.6 Å². The lowest BCUT2D eigenvalue weighted by atomic mass is 10.2. The summed E-state index contributed by atoms with van der Waals surface area (Å²) in [6.07, 6.45) is 0.562. The van der Waals surface area contributed by atoms with E-state index in [-0.39, 0.29) is 22.8 Å². The summed E-state index contributed by atoms with van der Waals surface area (Å²) >= 11 is 5.99. The van der Waals surface area contributed by atoms with Crippen molar-refractivity contribution in [1.82, 2.24) is 0 Å². The first-order valence-electron chi connectivity index (χ1n) is 7.07. The number of anilines is 1. The number of sulfonamides is 1. The smallest absolute Gasteiger partial charge is 0.335 e. The Kier molecular flexibility index (Phi) is 4.15. The normalized spacial score (nSPS) is 13.7. The van der Waals surface area contributed by atoms with Gasteiger partial charge in [-0.25, -0.2) is 13.2 Å². The van der Waals surface area contributed by atoms with E-state index in [4.69, 9.17) is 21.4 Å². The third kappa shape index (κ3) is 2.70. The summed E-state index contributed by atoms with van der Waals surface area (Å²) in [7, 11) is -2.64. The molecule has 0 radical (unpaired) electrons. The number of fused-ring (bicyclic) bond motifs is 1. The van der Waals surface area contributed by atoms with E-state index < -0.39 is 16.0 Å². The lowest BCUT2D eigenvalue weighted by Crippen LogP contribution is -2.29. The van der Waals surface area contributed by atoms with E-state index in [9.17, 15) is 13.2 Å². The van der Waals surface area contributed by atoms with E-state index >= 15 is 0 Å². The number of benzene rings is 2. The van der Waals surface area contributed by atoms with Gasteiger partial charge in [0.15, 0.2) is 0 Å². The summed E-state index contributed by atoms with van der Waals surface area (Å²) in [5.41, 5.74) is 1.25. The molecule has 24 heavy (non-hydrogen) atoms. The fraction of sp³-hybridized carbons (Fsp3) is 0.188. The van der Waals surface area contributed by atoms with Gasteiger partial charge in [-0.1, -0.05) is 17.7 Å². The van der Waals surface area contributed by atoms with E-state index in [0.717, 1.165) is 11.6 Å². The molecule has 126 valence electrons. The van der Waals surface area contributed by atoms with Crippen LogP contribution in [0.25, 0.3) is 0 Å². The van der Waals surface area contributed by atoms with Gasteiger partial charge in [0.25, 0.3) is 10.0 Å². The zero-order valence-corrected chi connectivity index (χ0v) is 14.3. The first kappa shape index (κ1) is 16.6. The van der Waals surface area contributed by atoms with Crippen LogP contribution in [0.15, 0.2) is 41.3 Å². The Balaban J connectivity index is 2.15. The number of carboxylic acid groups (broad SMARTS) is 1. The largest absolute Gasteiger partial charge is 0.495 e. The van der Waals surface area contributed by atoms with Crippen LogP contribution in [0.5, 0.6) is 5.75 Å². The maximum absolute atomic E-state index is 13.1. The molecular weight excluding hydrogens is 354 g/mol. The zero-order valence-electron chi connectivity index (χ0n) is 12.7. The van der Waals surface area contributed by atoms with E-state index in [0.29, 0.717) is 17.1 Å². The molecule has 0 atom stereocenters. The van der Waals surface area contributed by atoms with Crippen molar-refractivity contribution in [2.45, 2.75) is 11.3 Å². The van der Waals surface area contributed by atoms with Gasteiger partial charge in [-0.3, -0.25) is 4.31 Å². The Labute approximate surface area is 144 Å². The molecule has 0 fully saturated rings. The van der Waals surface area contributed by atoms with Crippen LogP contribution in [-0.2, 0) is 16.4 Å². The molecule has 1 aliphatic rings. The summed E-state index contributed by atoms with van der Waals surface area (Å²) in [4.78, 5) is 11.0. The predicted molar refractivity (Wildman–Crippen MR) is 89.6 cm³/mol. The lowest BCUT2D eigenvalue weighted by molar-refractivity contribution is 0.0696. The molecule has 1 heterocycles. The summed E-state index contributed by atoms with van der Waals surface area (Å²) in [5, 5.41) is 9.56. The number of halogens is 1. The van der Waals surface area contributed by atoms with Gasteiger partial charge in [-0.05, 0) is 42.3 Å². The highest BCUT2D eigenvalue weighted by atomic mass is 35.5. The highest BCUT2D eigenvalue weighted by Crippen LogP contribution is 2.37. The molecule has 0 unspecified atom stereocenters. The predicted octanol–water partition coefficient (Wildman–Crippen LogP) is 2.80. The standard InChI is InChI=1S/C16H14ClNO5S/c1-23-14-5-3-11(16(19)20)8-15(14)24(21,22)18-7-6-10-2-4-12(17)9-13(10)18/h2-5,8-9H,6-7H2,1H3,(H,19,20). The molecule has 2 aromatic carbocycles. The molecule has 0 saturated carbocycles. The maximum Gasteiger partial charge on any atom is 0.335 e. The van der Waals surface area contributed by atoms with Crippen LogP contribution >= 0.6 is 11.6 Å². The van der Waals surface area contributed by atoms with Gasteiger partial charge in [0.05, 0.1) is 18.4 Å². The minimum atomic E-state index is -3.98. The van der Waals surface area contributed by atoms with Crippen LogP contribution in [0.1, 0.15) is 15.9 Å².